The molecule has 2 atom stereocenters. The van der Waals surface area contributed by atoms with Gasteiger partial charge in [-0.25, -0.2) is 0 Å². The quantitative estimate of drug-likeness (QED) is 0.805. The molecular weight excluding hydrogens is 200 g/mol. The monoisotopic (exact) mass is 214 g/mol. The second kappa shape index (κ2) is 5.35. The zero-order valence-electron chi connectivity index (χ0n) is 8.15. The summed E-state index contributed by atoms with van der Waals surface area (Å²) < 4.78 is 0. The first kappa shape index (κ1) is 11.5. The Balaban J connectivity index is 2.50. The lowest BCUT2D eigenvalue weighted by Gasteiger charge is -2.13. The molecular formula is C11H15ClO2. The normalized spacial score (nSPS) is 15.1. The molecule has 0 saturated heterocycles. The van der Waals surface area contributed by atoms with Crippen LogP contribution in [0.15, 0.2) is 24.3 Å². The van der Waals surface area contributed by atoms with Gasteiger partial charge in [-0.05, 0) is 31.4 Å². The van der Waals surface area contributed by atoms with Crippen molar-refractivity contribution in [2.75, 3.05) is 0 Å². The molecule has 0 fully saturated rings. The highest BCUT2D eigenvalue weighted by atomic mass is 35.5. The average molecular weight is 215 g/mol. The van der Waals surface area contributed by atoms with E-state index < -0.39 is 12.2 Å². The fourth-order valence-electron chi connectivity index (χ4n) is 1.25. The Morgan fingerprint density at radius 1 is 1.29 bits per heavy atom. The molecule has 0 heterocycles. The van der Waals surface area contributed by atoms with Crippen LogP contribution >= 0.6 is 11.6 Å². The van der Waals surface area contributed by atoms with E-state index in [4.69, 9.17) is 16.7 Å². The number of halogens is 1. The van der Waals surface area contributed by atoms with E-state index in [1.165, 1.54) is 0 Å². The van der Waals surface area contributed by atoms with Gasteiger partial charge < -0.3 is 10.2 Å². The lowest BCUT2D eigenvalue weighted by molar-refractivity contribution is 0.0265. The molecule has 0 saturated carbocycles. The first-order valence-corrected chi connectivity index (χ1v) is 5.08. The van der Waals surface area contributed by atoms with Crippen LogP contribution in [-0.2, 0) is 6.42 Å². The van der Waals surface area contributed by atoms with Crippen LogP contribution in [-0.4, -0.2) is 22.4 Å². The summed E-state index contributed by atoms with van der Waals surface area (Å²) in [5.74, 6) is 0. The molecule has 78 valence electrons. The minimum atomic E-state index is -0.683. The Morgan fingerprint density at radius 2 is 1.93 bits per heavy atom. The third-order valence-corrected chi connectivity index (χ3v) is 2.59. The van der Waals surface area contributed by atoms with Crippen LogP contribution in [0.2, 0.25) is 5.02 Å². The first-order valence-electron chi connectivity index (χ1n) is 4.71. The van der Waals surface area contributed by atoms with E-state index in [-0.39, 0.29) is 0 Å². The van der Waals surface area contributed by atoms with Gasteiger partial charge in [-0.15, -0.1) is 0 Å². The van der Waals surface area contributed by atoms with Gasteiger partial charge in [-0.1, -0.05) is 29.8 Å². The molecule has 14 heavy (non-hydrogen) atoms. The molecule has 0 radical (unpaired) electrons. The summed E-state index contributed by atoms with van der Waals surface area (Å²) in [5.41, 5.74) is 1.01. The Bertz CT molecular complexity index is 286. The van der Waals surface area contributed by atoms with E-state index in [0.717, 1.165) is 5.56 Å². The predicted molar refractivity (Wildman–Crippen MR) is 57.5 cm³/mol. The molecule has 1 aromatic carbocycles. The van der Waals surface area contributed by atoms with Crippen molar-refractivity contribution < 1.29 is 10.2 Å². The predicted octanol–water partition coefficient (Wildman–Crippen LogP) is 2.01. The van der Waals surface area contributed by atoms with E-state index in [0.29, 0.717) is 17.9 Å². The van der Waals surface area contributed by atoms with E-state index in [9.17, 15) is 5.11 Å². The van der Waals surface area contributed by atoms with Crippen molar-refractivity contribution in [2.45, 2.75) is 32.0 Å². The summed E-state index contributed by atoms with van der Waals surface area (Å²) in [7, 11) is 0. The fraction of sp³-hybridized carbons (Fsp3) is 0.455. The van der Waals surface area contributed by atoms with Crippen molar-refractivity contribution >= 4 is 11.6 Å². The molecule has 2 nitrogen and oxygen atoms in total. The fourth-order valence-corrected chi connectivity index (χ4v) is 1.48. The molecule has 0 aliphatic carbocycles. The maximum absolute atomic E-state index is 9.39. The van der Waals surface area contributed by atoms with Crippen molar-refractivity contribution in [3.05, 3.63) is 34.9 Å². The Kier molecular flexibility index (Phi) is 4.39. The molecule has 0 aromatic heterocycles. The van der Waals surface area contributed by atoms with Crippen LogP contribution in [0.5, 0.6) is 0 Å². The van der Waals surface area contributed by atoms with Crippen LogP contribution in [0.4, 0.5) is 0 Å². The summed E-state index contributed by atoms with van der Waals surface area (Å²) in [6.45, 7) is 1.58. The van der Waals surface area contributed by atoms with Crippen molar-refractivity contribution in [2.24, 2.45) is 0 Å². The average Bonchev–Trinajstić information content (AvgIpc) is 2.16. The summed E-state index contributed by atoms with van der Waals surface area (Å²) in [5, 5.41) is 19.2. The van der Waals surface area contributed by atoms with Crippen molar-refractivity contribution in [1.29, 1.82) is 0 Å². The maximum atomic E-state index is 9.39. The third-order valence-electron chi connectivity index (χ3n) is 2.22. The van der Waals surface area contributed by atoms with E-state index in [1.807, 2.05) is 24.3 Å². The second-order valence-electron chi connectivity index (χ2n) is 3.44. The van der Waals surface area contributed by atoms with Crippen molar-refractivity contribution in [3.8, 4) is 0 Å². The van der Waals surface area contributed by atoms with Crippen LogP contribution < -0.4 is 0 Å². The summed E-state index contributed by atoms with van der Waals surface area (Å²) >= 11 is 5.94. The number of aryl methyl sites for hydroxylation is 1. The number of hydrogen-bond donors (Lipinski definition) is 2. The number of aliphatic hydroxyl groups is 2. The highest BCUT2D eigenvalue weighted by molar-refractivity contribution is 6.31. The minimum Gasteiger partial charge on any atom is -0.391 e. The summed E-state index contributed by atoms with van der Waals surface area (Å²) in [6, 6.07) is 7.54. The van der Waals surface area contributed by atoms with Crippen LogP contribution in [0.1, 0.15) is 18.9 Å². The Labute approximate surface area is 89.1 Å². The largest absolute Gasteiger partial charge is 0.391 e. The molecule has 3 heteroatoms. The third kappa shape index (κ3) is 3.29. The number of aliphatic hydroxyl groups excluding tert-OH is 2. The molecule has 2 N–H and O–H groups in total. The Hall–Kier alpha value is -0.570. The van der Waals surface area contributed by atoms with Gasteiger partial charge in [-0.2, -0.15) is 0 Å². The minimum absolute atomic E-state index is 0.529. The number of rotatable bonds is 4. The number of benzene rings is 1. The zero-order valence-corrected chi connectivity index (χ0v) is 8.91. The molecule has 2 unspecified atom stereocenters. The highest BCUT2D eigenvalue weighted by Crippen LogP contribution is 2.17. The van der Waals surface area contributed by atoms with E-state index >= 15 is 0 Å². The van der Waals surface area contributed by atoms with Crippen LogP contribution in [0.25, 0.3) is 0 Å². The van der Waals surface area contributed by atoms with Gasteiger partial charge in [0, 0.05) is 5.02 Å². The highest BCUT2D eigenvalue weighted by Gasteiger charge is 2.11. The Morgan fingerprint density at radius 3 is 2.50 bits per heavy atom. The van der Waals surface area contributed by atoms with Gasteiger partial charge in [0.1, 0.15) is 0 Å². The lowest BCUT2D eigenvalue weighted by atomic mass is 10.0. The molecule has 0 amide bonds. The van der Waals surface area contributed by atoms with Gasteiger partial charge in [0.2, 0.25) is 0 Å². The topological polar surface area (TPSA) is 40.5 Å². The molecule has 0 aliphatic rings. The molecule has 0 spiro atoms. The molecule has 0 bridgehead atoms. The van der Waals surface area contributed by atoms with Gasteiger partial charge in [-0.3, -0.25) is 0 Å². The molecule has 1 rings (SSSR count). The van der Waals surface area contributed by atoms with Crippen LogP contribution in [0.3, 0.4) is 0 Å². The van der Waals surface area contributed by atoms with E-state index in [1.54, 1.807) is 6.92 Å². The smallest absolute Gasteiger partial charge is 0.0799 e. The summed E-state index contributed by atoms with van der Waals surface area (Å²) in [4.78, 5) is 0. The lowest BCUT2D eigenvalue weighted by Crippen LogP contribution is -2.22. The molecule has 0 aliphatic heterocycles. The number of hydrogen-bond acceptors (Lipinski definition) is 2. The van der Waals surface area contributed by atoms with Gasteiger partial charge in [0.15, 0.2) is 0 Å². The van der Waals surface area contributed by atoms with Crippen molar-refractivity contribution in [1.82, 2.24) is 0 Å². The second-order valence-corrected chi connectivity index (χ2v) is 3.85. The van der Waals surface area contributed by atoms with Gasteiger partial charge in [0.25, 0.3) is 0 Å². The van der Waals surface area contributed by atoms with Crippen molar-refractivity contribution in [3.63, 3.8) is 0 Å². The summed E-state index contributed by atoms with van der Waals surface area (Å²) in [6.07, 6.45) is -0.142. The van der Waals surface area contributed by atoms with Gasteiger partial charge >= 0.3 is 0 Å². The van der Waals surface area contributed by atoms with Gasteiger partial charge in [0.05, 0.1) is 12.2 Å². The standard InChI is InChI=1S/C11H15ClO2/c1-8(13)11(14)7-6-9-4-2-3-5-10(9)12/h2-5,8,11,13-14H,6-7H2,1H3. The first-order chi connectivity index (χ1) is 6.61. The SMILES string of the molecule is CC(O)C(O)CCc1ccccc1Cl. The molecule has 1 aromatic rings. The van der Waals surface area contributed by atoms with E-state index in [2.05, 4.69) is 0 Å². The zero-order chi connectivity index (χ0) is 10.6. The van der Waals surface area contributed by atoms with Crippen LogP contribution in [0, 0.1) is 0 Å². The maximum Gasteiger partial charge on any atom is 0.0799 e.